The molecule has 5 heterocycles. The van der Waals surface area contributed by atoms with Gasteiger partial charge in [-0.25, -0.2) is 23.4 Å². The van der Waals surface area contributed by atoms with Gasteiger partial charge in [0.15, 0.2) is 12.0 Å². The van der Waals surface area contributed by atoms with Gasteiger partial charge in [0.1, 0.15) is 60.0 Å². The molecule has 4 fully saturated rings. The van der Waals surface area contributed by atoms with Crippen LogP contribution in [0.3, 0.4) is 0 Å². The van der Waals surface area contributed by atoms with Crippen molar-refractivity contribution in [3.8, 4) is 0 Å². The minimum absolute atomic E-state index is 0.0475. The Morgan fingerprint density at radius 1 is 0.737 bits per heavy atom. The van der Waals surface area contributed by atoms with Gasteiger partial charge in [-0.2, -0.15) is 0 Å². The van der Waals surface area contributed by atoms with E-state index in [-0.39, 0.29) is 30.9 Å². The molecule has 13 heteroatoms. The lowest BCUT2D eigenvalue weighted by atomic mass is 9.69. The highest BCUT2D eigenvalue weighted by Crippen LogP contribution is 2.43. The second-order valence-electron chi connectivity index (χ2n) is 15.3. The Labute approximate surface area is 329 Å². The van der Waals surface area contributed by atoms with Crippen LogP contribution in [0.25, 0.3) is 0 Å². The van der Waals surface area contributed by atoms with E-state index in [9.17, 15) is 18.4 Å². The molecule has 1 aromatic heterocycles. The lowest BCUT2D eigenvalue weighted by Crippen LogP contribution is -2.95. The van der Waals surface area contributed by atoms with Crippen molar-refractivity contribution in [2.45, 2.75) is 55.1 Å². The van der Waals surface area contributed by atoms with Gasteiger partial charge in [-0.1, -0.05) is 91.0 Å². The number of quaternary nitrogens is 2. The quantitative estimate of drug-likeness (QED) is 0.231. The standard InChI is InChI=1S/C23H23N3O3.C21H22F2N2O3/c1-16-25-20(14-28-16)23(18-10-6-3-7-11-18)15-24-12-19-21(23)29-22(27)26(19)13-17-8-4-2-5-9-17;1-27-13-21(15-7-16(22)9-17(23)8-15)12-24-10-18-19(21)28-20(26)25(18)11-14-5-3-2-4-6-14/h2-11,14,19,21,24H,12-13,15H2,1H3;2-9,18-19,24H,10-13H2,1H3/p+2. The van der Waals surface area contributed by atoms with Crippen LogP contribution in [-0.4, -0.2) is 91.2 Å². The predicted octanol–water partition coefficient (Wildman–Crippen LogP) is 4.05. The number of nitrogens with two attached hydrogens (primary N) is 2. The summed E-state index contributed by atoms with van der Waals surface area (Å²) in [7, 11) is 1.54. The average Bonchev–Trinajstić information content (AvgIpc) is 3.90. The van der Waals surface area contributed by atoms with Gasteiger partial charge in [-0.3, -0.25) is 9.80 Å². The number of rotatable bonds is 9. The summed E-state index contributed by atoms with van der Waals surface area (Å²) in [4.78, 5) is 33.9. The molecule has 0 bridgehead atoms. The van der Waals surface area contributed by atoms with Gasteiger partial charge in [-0.05, 0) is 34.4 Å². The number of piperidine rings is 2. The molecule has 296 valence electrons. The monoisotopic (exact) mass is 779 g/mol. The molecule has 4 aliphatic rings. The number of fused-ring (bicyclic) bond motifs is 2. The predicted molar refractivity (Wildman–Crippen MR) is 204 cm³/mol. The van der Waals surface area contributed by atoms with Gasteiger partial charge >= 0.3 is 12.2 Å². The van der Waals surface area contributed by atoms with Crippen molar-refractivity contribution in [2.75, 3.05) is 39.9 Å². The number of ether oxygens (including phenoxy) is 3. The molecule has 6 atom stereocenters. The topological polar surface area (TPSA) is 128 Å². The molecule has 6 unspecified atom stereocenters. The number of benzene rings is 4. The molecule has 0 spiro atoms. The van der Waals surface area contributed by atoms with E-state index in [2.05, 4.69) is 27.8 Å². The zero-order valence-electron chi connectivity index (χ0n) is 31.9. The molecule has 4 aromatic carbocycles. The number of hydrogen-bond acceptors (Lipinski definition) is 7. The van der Waals surface area contributed by atoms with Crippen LogP contribution in [0, 0.1) is 18.6 Å². The third kappa shape index (κ3) is 7.26. The fourth-order valence-corrected chi connectivity index (χ4v) is 9.26. The van der Waals surface area contributed by atoms with E-state index < -0.39 is 34.7 Å². The smallest absolute Gasteiger partial charge is 0.411 e. The molecule has 5 aromatic rings. The number of amides is 2. The summed E-state index contributed by atoms with van der Waals surface area (Å²) in [5.74, 6) is -0.695. The molecular formula is C44H47F2N5O6+2. The normalized spacial score (nSPS) is 26.5. The number of carbonyl (C=O) groups is 2. The van der Waals surface area contributed by atoms with Crippen LogP contribution in [0.4, 0.5) is 18.4 Å². The van der Waals surface area contributed by atoms with E-state index in [1.54, 1.807) is 18.3 Å². The fourth-order valence-electron chi connectivity index (χ4n) is 9.26. The van der Waals surface area contributed by atoms with Crippen molar-refractivity contribution in [3.63, 3.8) is 0 Å². The fraction of sp³-hybridized carbons (Fsp3) is 0.341. The van der Waals surface area contributed by atoms with E-state index in [0.717, 1.165) is 41.5 Å². The Balaban J connectivity index is 0.000000160. The molecule has 4 N–H and O–H groups in total. The molecule has 0 saturated carbocycles. The third-order valence-corrected chi connectivity index (χ3v) is 11.8. The van der Waals surface area contributed by atoms with Crippen LogP contribution < -0.4 is 10.6 Å². The molecule has 11 nitrogen and oxygen atoms in total. The van der Waals surface area contributed by atoms with Gasteiger partial charge in [0.25, 0.3) is 0 Å². The largest absolute Gasteiger partial charge is 0.449 e. The van der Waals surface area contributed by atoms with Crippen LogP contribution in [0.2, 0.25) is 0 Å². The number of halogens is 2. The Morgan fingerprint density at radius 3 is 1.81 bits per heavy atom. The highest BCUT2D eigenvalue weighted by molar-refractivity contribution is 5.72. The Bertz CT molecular complexity index is 2150. The van der Waals surface area contributed by atoms with Gasteiger partial charge in [0.05, 0.1) is 25.4 Å². The molecular weight excluding hydrogens is 733 g/mol. The molecule has 2 amide bonds. The first-order valence-corrected chi connectivity index (χ1v) is 19.3. The van der Waals surface area contributed by atoms with Crippen molar-refractivity contribution < 1.29 is 47.6 Å². The van der Waals surface area contributed by atoms with E-state index in [0.29, 0.717) is 37.6 Å². The third-order valence-electron chi connectivity index (χ3n) is 11.8. The molecule has 0 radical (unpaired) electrons. The number of nitrogens with zero attached hydrogens (tertiary/aromatic N) is 3. The highest BCUT2D eigenvalue weighted by Gasteiger charge is 2.61. The number of oxazole rings is 1. The van der Waals surface area contributed by atoms with E-state index in [1.165, 1.54) is 12.1 Å². The first-order valence-electron chi connectivity index (χ1n) is 19.3. The average molecular weight is 780 g/mol. The van der Waals surface area contributed by atoms with Gasteiger partial charge in [0.2, 0.25) is 0 Å². The SMILES string of the molecule is COCC1(c2cc(F)cc(F)c2)C[NH2+]CC2C1OC(=O)N2Cc1ccccc1.Cc1nc(C2(c3ccccc3)C[NH2+]CC3C2OC(=O)N3Cc2ccccc2)co1. The second kappa shape index (κ2) is 16.1. The minimum Gasteiger partial charge on any atom is -0.449 e. The molecule has 57 heavy (non-hydrogen) atoms. The summed E-state index contributed by atoms with van der Waals surface area (Å²) in [5, 5.41) is 4.32. The van der Waals surface area contributed by atoms with E-state index >= 15 is 0 Å². The van der Waals surface area contributed by atoms with Crippen LogP contribution in [0.15, 0.2) is 120 Å². The summed E-state index contributed by atoms with van der Waals surface area (Å²) < 4.78 is 50.8. The van der Waals surface area contributed by atoms with Crippen molar-refractivity contribution in [1.82, 2.24) is 14.8 Å². The van der Waals surface area contributed by atoms with E-state index in [4.69, 9.17) is 18.6 Å². The number of methoxy groups -OCH3 is 1. The van der Waals surface area contributed by atoms with E-state index in [1.807, 2.05) is 90.7 Å². The zero-order chi connectivity index (χ0) is 39.6. The zero-order valence-corrected chi connectivity index (χ0v) is 31.9. The summed E-state index contributed by atoms with van der Waals surface area (Å²) in [5.41, 5.74) is 3.07. The van der Waals surface area contributed by atoms with Gasteiger partial charge in [-0.15, -0.1) is 0 Å². The van der Waals surface area contributed by atoms with Crippen molar-refractivity contribution in [3.05, 3.63) is 161 Å². The Hall–Kier alpha value is -5.63. The number of hydrogen-bond donors (Lipinski definition) is 2. The Morgan fingerprint density at radius 2 is 1.26 bits per heavy atom. The first kappa shape index (κ1) is 38.3. The minimum atomic E-state index is -0.832. The molecule has 4 aliphatic heterocycles. The number of carbonyl (C=O) groups excluding carboxylic acids is 2. The second-order valence-corrected chi connectivity index (χ2v) is 15.3. The Kier molecular flexibility index (Phi) is 10.8. The van der Waals surface area contributed by atoms with Gasteiger partial charge in [0, 0.05) is 33.2 Å². The lowest BCUT2D eigenvalue weighted by Gasteiger charge is -2.42. The van der Waals surface area contributed by atoms with Crippen molar-refractivity contribution in [2.24, 2.45) is 0 Å². The maximum absolute atomic E-state index is 14.0. The number of aromatic nitrogens is 1. The van der Waals surface area contributed by atoms with Gasteiger partial charge < -0.3 is 29.3 Å². The number of aryl methyl sites for hydroxylation is 1. The van der Waals surface area contributed by atoms with Crippen molar-refractivity contribution >= 4 is 12.2 Å². The highest BCUT2D eigenvalue weighted by atomic mass is 19.1. The molecule has 0 aliphatic carbocycles. The van der Waals surface area contributed by atoms with Crippen molar-refractivity contribution in [1.29, 1.82) is 0 Å². The summed E-state index contributed by atoms with van der Waals surface area (Å²) in [6.45, 7) is 5.72. The van der Waals surface area contributed by atoms with Crippen LogP contribution in [0.5, 0.6) is 0 Å². The lowest BCUT2D eigenvalue weighted by molar-refractivity contribution is -0.678. The molecule has 4 saturated heterocycles. The van der Waals surface area contributed by atoms with Crippen LogP contribution in [-0.2, 0) is 38.1 Å². The van der Waals surface area contributed by atoms with Crippen LogP contribution >= 0.6 is 0 Å². The molecule has 9 rings (SSSR count). The summed E-state index contributed by atoms with van der Waals surface area (Å²) in [6, 6.07) is 33.1. The first-order chi connectivity index (χ1) is 27.7. The summed E-state index contributed by atoms with van der Waals surface area (Å²) in [6.07, 6.45) is 0.170. The summed E-state index contributed by atoms with van der Waals surface area (Å²) >= 11 is 0. The maximum Gasteiger partial charge on any atom is 0.411 e. The van der Waals surface area contributed by atoms with Crippen LogP contribution in [0.1, 0.15) is 33.8 Å². The maximum atomic E-state index is 14.0.